The molecule has 0 fully saturated rings. The molecule has 0 radical (unpaired) electrons. The van der Waals surface area contributed by atoms with Gasteiger partial charge in [-0.3, -0.25) is 4.79 Å². The van der Waals surface area contributed by atoms with Crippen molar-refractivity contribution >= 4 is 29.2 Å². The number of rotatable bonds is 4. The zero-order chi connectivity index (χ0) is 17.2. The molecule has 1 aliphatic rings. The maximum absolute atomic E-state index is 12.3. The van der Waals surface area contributed by atoms with Gasteiger partial charge in [-0.05, 0) is 29.3 Å². The molecule has 5 nitrogen and oxygen atoms in total. The van der Waals surface area contributed by atoms with Crippen molar-refractivity contribution in [3.05, 3.63) is 65.4 Å². The molecule has 3 aromatic rings. The van der Waals surface area contributed by atoms with Crippen molar-refractivity contribution in [1.29, 1.82) is 0 Å². The Hall–Kier alpha value is -2.50. The van der Waals surface area contributed by atoms with Gasteiger partial charge in [-0.1, -0.05) is 30.3 Å². The summed E-state index contributed by atoms with van der Waals surface area (Å²) in [7, 11) is 1.68. The molecule has 0 unspecified atom stereocenters. The van der Waals surface area contributed by atoms with E-state index < -0.39 is 0 Å². The van der Waals surface area contributed by atoms with Gasteiger partial charge in [0, 0.05) is 36.7 Å². The summed E-state index contributed by atoms with van der Waals surface area (Å²) < 4.78 is 5.95. The van der Waals surface area contributed by atoms with Gasteiger partial charge in [0.25, 0.3) is 0 Å². The summed E-state index contributed by atoms with van der Waals surface area (Å²) in [5.41, 5.74) is 4.33. The summed E-state index contributed by atoms with van der Waals surface area (Å²) in [5, 5.41) is 7.14. The molecule has 1 aromatic heterocycles. The van der Waals surface area contributed by atoms with Crippen LogP contribution in [0.5, 0.6) is 5.75 Å². The molecule has 1 atom stereocenters. The maximum Gasteiger partial charge on any atom is 0.228 e. The first-order valence-electron chi connectivity index (χ1n) is 8.50. The minimum atomic E-state index is -0.188. The van der Waals surface area contributed by atoms with Crippen LogP contribution in [0.2, 0.25) is 0 Å². The molecule has 1 aliphatic heterocycles. The predicted octanol–water partition coefficient (Wildman–Crippen LogP) is 3.10. The SMILES string of the molecule is CNC(=O)[C@H]1CNCc2[nH]c3ccc(OCc4ccccc4)cc3c21.Cl. The number of ether oxygens (including phenoxy) is 1. The average molecular weight is 372 g/mol. The largest absolute Gasteiger partial charge is 0.489 e. The smallest absolute Gasteiger partial charge is 0.228 e. The van der Waals surface area contributed by atoms with Gasteiger partial charge < -0.3 is 20.4 Å². The van der Waals surface area contributed by atoms with E-state index in [1.165, 1.54) is 0 Å². The minimum absolute atomic E-state index is 0. The highest BCUT2D eigenvalue weighted by atomic mass is 35.5. The maximum atomic E-state index is 12.3. The number of likely N-dealkylation sites (N-methyl/N-ethyl adjacent to an activating group) is 1. The van der Waals surface area contributed by atoms with E-state index in [-0.39, 0.29) is 24.2 Å². The molecule has 0 bridgehead atoms. The van der Waals surface area contributed by atoms with E-state index in [9.17, 15) is 4.79 Å². The van der Waals surface area contributed by atoms with Crippen LogP contribution in [0.15, 0.2) is 48.5 Å². The summed E-state index contributed by atoms with van der Waals surface area (Å²) >= 11 is 0. The number of hydrogen-bond acceptors (Lipinski definition) is 3. The number of amides is 1. The Morgan fingerprint density at radius 1 is 1.23 bits per heavy atom. The van der Waals surface area contributed by atoms with Crippen molar-refractivity contribution in [3.63, 3.8) is 0 Å². The first kappa shape index (κ1) is 18.3. The standard InChI is InChI=1S/C20H21N3O2.ClH/c1-21-20(24)16-10-22-11-18-19(16)15-9-14(7-8-17(15)23-18)25-12-13-5-3-2-4-6-13;/h2-9,16,22-23H,10-12H2,1H3,(H,21,24);1H/t16-;/m0./s1. The van der Waals surface area contributed by atoms with Crippen LogP contribution in [0.3, 0.4) is 0 Å². The Bertz CT molecular complexity index is 908. The zero-order valence-corrected chi connectivity index (χ0v) is 15.4. The van der Waals surface area contributed by atoms with Crippen LogP contribution in [0.1, 0.15) is 22.7 Å². The average Bonchev–Trinajstić information content (AvgIpc) is 3.04. The second kappa shape index (κ2) is 7.81. The molecule has 2 heterocycles. The summed E-state index contributed by atoms with van der Waals surface area (Å²) in [6.07, 6.45) is 0. The molecular formula is C20H22ClN3O2. The Kier molecular flexibility index (Phi) is 5.49. The topological polar surface area (TPSA) is 66.2 Å². The highest BCUT2D eigenvalue weighted by molar-refractivity contribution is 5.94. The van der Waals surface area contributed by atoms with E-state index in [0.29, 0.717) is 13.2 Å². The lowest BCUT2D eigenvalue weighted by Gasteiger charge is -2.22. The molecule has 26 heavy (non-hydrogen) atoms. The predicted molar refractivity (Wildman–Crippen MR) is 105 cm³/mol. The van der Waals surface area contributed by atoms with Crippen molar-refractivity contribution < 1.29 is 9.53 Å². The second-order valence-electron chi connectivity index (χ2n) is 6.30. The fraction of sp³-hybridized carbons (Fsp3) is 0.250. The Balaban J connectivity index is 0.00000196. The van der Waals surface area contributed by atoms with Crippen molar-refractivity contribution in [3.8, 4) is 5.75 Å². The highest BCUT2D eigenvalue weighted by Gasteiger charge is 2.29. The molecule has 6 heteroatoms. The molecule has 3 N–H and O–H groups in total. The number of fused-ring (bicyclic) bond motifs is 3. The summed E-state index contributed by atoms with van der Waals surface area (Å²) in [6, 6.07) is 16.1. The van der Waals surface area contributed by atoms with E-state index in [0.717, 1.165) is 40.0 Å². The Morgan fingerprint density at radius 3 is 2.81 bits per heavy atom. The molecule has 1 amide bonds. The lowest BCUT2D eigenvalue weighted by Crippen LogP contribution is -2.37. The quantitative estimate of drug-likeness (QED) is 0.660. The van der Waals surface area contributed by atoms with Crippen molar-refractivity contribution in [1.82, 2.24) is 15.6 Å². The number of nitrogens with one attached hydrogen (secondary N) is 3. The van der Waals surface area contributed by atoms with Crippen LogP contribution in [0.25, 0.3) is 10.9 Å². The summed E-state index contributed by atoms with van der Waals surface area (Å²) in [4.78, 5) is 15.7. The van der Waals surface area contributed by atoms with Crippen molar-refractivity contribution in [2.45, 2.75) is 19.1 Å². The summed E-state index contributed by atoms with van der Waals surface area (Å²) in [6.45, 7) is 1.92. The molecule has 2 aromatic carbocycles. The highest BCUT2D eigenvalue weighted by Crippen LogP contribution is 2.34. The monoisotopic (exact) mass is 371 g/mol. The first-order chi connectivity index (χ1) is 12.3. The van der Waals surface area contributed by atoms with Crippen LogP contribution in [0.4, 0.5) is 0 Å². The second-order valence-corrected chi connectivity index (χ2v) is 6.30. The van der Waals surface area contributed by atoms with Gasteiger partial charge in [-0.2, -0.15) is 0 Å². The zero-order valence-electron chi connectivity index (χ0n) is 14.5. The van der Waals surface area contributed by atoms with E-state index in [2.05, 4.69) is 15.6 Å². The third-order valence-electron chi connectivity index (χ3n) is 4.70. The number of carbonyl (C=O) groups is 1. The number of carbonyl (C=O) groups excluding carboxylic acids is 1. The minimum Gasteiger partial charge on any atom is -0.489 e. The van der Waals surface area contributed by atoms with E-state index in [4.69, 9.17) is 4.74 Å². The third kappa shape index (κ3) is 3.41. The molecule has 0 aliphatic carbocycles. The van der Waals surface area contributed by atoms with Crippen LogP contribution in [0, 0.1) is 0 Å². The molecule has 4 rings (SSSR count). The van der Waals surface area contributed by atoms with Gasteiger partial charge in [-0.25, -0.2) is 0 Å². The van der Waals surface area contributed by atoms with Crippen LogP contribution < -0.4 is 15.4 Å². The number of halogens is 1. The molecule has 0 saturated carbocycles. The number of benzene rings is 2. The van der Waals surface area contributed by atoms with Gasteiger partial charge in [0.2, 0.25) is 5.91 Å². The van der Waals surface area contributed by atoms with E-state index >= 15 is 0 Å². The van der Waals surface area contributed by atoms with Gasteiger partial charge in [0.05, 0.1) is 5.92 Å². The van der Waals surface area contributed by atoms with Crippen molar-refractivity contribution in [2.75, 3.05) is 13.6 Å². The van der Waals surface area contributed by atoms with Gasteiger partial charge in [0.1, 0.15) is 12.4 Å². The molecule has 136 valence electrons. The van der Waals surface area contributed by atoms with Crippen LogP contribution in [-0.4, -0.2) is 24.5 Å². The fourth-order valence-electron chi connectivity index (χ4n) is 3.46. The fourth-order valence-corrected chi connectivity index (χ4v) is 3.46. The van der Waals surface area contributed by atoms with Crippen LogP contribution in [-0.2, 0) is 17.9 Å². The Morgan fingerprint density at radius 2 is 2.04 bits per heavy atom. The Labute approximate surface area is 158 Å². The first-order valence-corrected chi connectivity index (χ1v) is 8.50. The van der Waals surface area contributed by atoms with Crippen LogP contribution >= 0.6 is 12.4 Å². The van der Waals surface area contributed by atoms with Crippen molar-refractivity contribution in [2.24, 2.45) is 0 Å². The molecular weight excluding hydrogens is 350 g/mol. The van der Waals surface area contributed by atoms with E-state index in [1.54, 1.807) is 7.05 Å². The lowest BCUT2D eigenvalue weighted by molar-refractivity contribution is -0.122. The van der Waals surface area contributed by atoms with Gasteiger partial charge in [-0.15, -0.1) is 12.4 Å². The summed E-state index contributed by atoms with van der Waals surface area (Å²) in [5.74, 6) is 0.657. The van der Waals surface area contributed by atoms with Gasteiger partial charge in [0.15, 0.2) is 0 Å². The number of hydrogen-bond donors (Lipinski definition) is 3. The number of aromatic amines is 1. The van der Waals surface area contributed by atoms with Gasteiger partial charge >= 0.3 is 0 Å². The molecule has 0 saturated heterocycles. The normalized spacial score (nSPS) is 15.8. The number of H-pyrrole nitrogens is 1. The molecule has 0 spiro atoms. The number of aromatic nitrogens is 1. The third-order valence-corrected chi connectivity index (χ3v) is 4.70. The lowest BCUT2D eigenvalue weighted by atomic mass is 9.92. The van der Waals surface area contributed by atoms with E-state index in [1.807, 2.05) is 48.5 Å².